The lowest BCUT2D eigenvalue weighted by molar-refractivity contribution is -0.0114. The Morgan fingerprint density at radius 3 is 2.00 bits per heavy atom. The maximum atomic E-state index is 9.99. The van der Waals surface area contributed by atoms with Crippen LogP contribution in [0.2, 0.25) is 0 Å². The molecular formula is C13H27NO5Si. The van der Waals surface area contributed by atoms with Crippen molar-refractivity contribution in [3.8, 4) is 0 Å². The molecule has 1 atom stereocenters. The van der Waals surface area contributed by atoms with E-state index in [1.165, 1.54) is 6.08 Å². The van der Waals surface area contributed by atoms with Crippen molar-refractivity contribution in [2.24, 2.45) is 4.99 Å². The van der Waals surface area contributed by atoms with Gasteiger partial charge in [0.05, 0.1) is 6.54 Å². The van der Waals surface area contributed by atoms with E-state index in [2.05, 4.69) is 4.99 Å². The van der Waals surface area contributed by atoms with Gasteiger partial charge in [0.1, 0.15) is 5.73 Å². The predicted molar refractivity (Wildman–Crippen MR) is 78.3 cm³/mol. The molecule has 0 aromatic carbocycles. The molecule has 0 heterocycles. The van der Waals surface area contributed by atoms with E-state index in [0.717, 1.165) is 6.42 Å². The fraction of sp³-hybridized carbons (Fsp3) is 0.923. The summed E-state index contributed by atoms with van der Waals surface area (Å²) in [5, 5.41) is 0. The van der Waals surface area contributed by atoms with Crippen LogP contribution >= 0.6 is 0 Å². The van der Waals surface area contributed by atoms with Crippen LogP contribution in [0.3, 0.4) is 0 Å². The summed E-state index contributed by atoms with van der Waals surface area (Å²) in [5.74, 6) is 0. The maximum absolute atomic E-state index is 9.99. The van der Waals surface area contributed by atoms with Crippen LogP contribution < -0.4 is 0 Å². The van der Waals surface area contributed by atoms with Crippen molar-refractivity contribution < 1.29 is 22.8 Å². The Morgan fingerprint density at radius 2 is 1.60 bits per heavy atom. The van der Waals surface area contributed by atoms with Crippen molar-refractivity contribution in [1.82, 2.24) is 0 Å². The number of rotatable bonds is 13. The Hall–Kier alpha value is -0.563. The third-order valence-corrected chi connectivity index (χ3v) is 6.04. The van der Waals surface area contributed by atoms with Crippen LogP contribution in [0.5, 0.6) is 0 Å². The van der Waals surface area contributed by atoms with Crippen molar-refractivity contribution >= 4 is 14.9 Å². The van der Waals surface area contributed by atoms with Crippen molar-refractivity contribution in [2.75, 3.05) is 33.0 Å². The first kappa shape index (κ1) is 19.4. The molecule has 0 aliphatic heterocycles. The maximum Gasteiger partial charge on any atom is 0.531 e. The number of carbonyl (C=O) groups excluding carboxylic acids is 1. The lowest BCUT2D eigenvalue weighted by Crippen LogP contribution is -2.57. The van der Waals surface area contributed by atoms with Crippen LogP contribution in [0.4, 0.5) is 0 Å². The van der Waals surface area contributed by atoms with Gasteiger partial charge >= 0.3 is 8.80 Å². The summed E-state index contributed by atoms with van der Waals surface area (Å²) >= 11 is 0. The summed E-state index contributed by atoms with van der Waals surface area (Å²) < 4.78 is 23.3. The van der Waals surface area contributed by atoms with Crippen molar-refractivity contribution in [3.05, 3.63) is 0 Å². The molecule has 0 rings (SSSR count). The Bertz CT molecular complexity index is 267. The summed E-state index contributed by atoms with van der Waals surface area (Å²) in [4.78, 5) is 13.5. The quantitative estimate of drug-likeness (QED) is 0.226. The SMILES string of the molecule is CCO[Si](OCC)(OCC)C(CC)OCCCN=C=O. The summed E-state index contributed by atoms with van der Waals surface area (Å²) in [5.41, 5.74) is -0.192. The fourth-order valence-electron chi connectivity index (χ4n) is 1.89. The molecule has 0 fully saturated rings. The minimum atomic E-state index is -2.82. The molecular weight excluding hydrogens is 278 g/mol. The summed E-state index contributed by atoms with van der Waals surface area (Å²) in [7, 11) is -2.82. The van der Waals surface area contributed by atoms with Gasteiger partial charge in [0.15, 0.2) is 0 Å². The average molecular weight is 305 g/mol. The molecule has 0 N–H and O–H groups in total. The second-order valence-corrected chi connectivity index (χ2v) is 6.71. The number of hydrogen-bond donors (Lipinski definition) is 0. The van der Waals surface area contributed by atoms with Gasteiger partial charge in [-0.25, -0.2) is 9.79 Å². The van der Waals surface area contributed by atoms with Gasteiger partial charge in [-0.3, -0.25) is 0 Å². The second kappa shape index (κ2) is 12.2. The predicted octanol–water partition coefficient (Wildman–Crippen LogP) is 2.10. The van der Waals surface area contributed by atoms with Gasteiger partial charge in [-0.1, -0.05) is 6.92 Å². The van der Waals surface area contributed by atoms with Crippen LogP contribution in [-0.2, 0) is 22.8 Å². The highest BCUT2D eigenvalue weighted by atomic mass is 28.4. The lowest BCUT2D eigenvalue weighted by Gasteiger charge is -2.34. The first-order valence-corrected chi connectivity index (χ1v) is 9.07. The molecule has 1 unspecified atom stereocenters. The van der Waals surface area contributed by atoms with Gasteiger partial charge in [0.2, 0.25) is 6.08 Å². The van der Waals surface area contributed by atoms with Gasteiger partial charge in [-0.15, -0.1) is 0 Å². The van der Waals surface area contributed by atoms with Gasteiger partial charge in [-0.05, 0) is 33.6 Å². The largest absolute Gasteiger partial charge is 0.531 e. The van der Waals surface area contributed by atoms with Crippen LogP contribution in [0, 0.1) is 0 Å². The van der Waals surface area contributed by atoms with Crippen LogP contribution in [0.25, 0.3) is 0 Å². The van der Waals surface area contributed by atoms with E-state index >= 15 is 0 Å². The Morgan fingerprint density at radius 1 is 1.05 bits per heavy atom. The van der Waals surface area contributed by atoms with Crippen molar-refractivity contribution in [3.63, 3.8) is 0 Å². The zero-order valence-corrected chi connectivity index (χ0v) is 14.0. The molecule has 0 saturated carbocycles. The lowest BCUT2D eigenvalue weighted by atomic mass is 10.4. The number of isocyanates is 1. The normalized spacial score (nSPS) is 13.0. The van der Waals surface area contributed by atoms with Crippen molar-refractivity contribution in [2.45, 2.75) is 46.3 Å². The molecule has 7 heteroatoms. The Labute approximate surface area is 122 Å². The molecule has 20 heavy (non-hydrogen) atoms. The zero-order chi connectivity index (χ0) is 15.3. The van der Waals surface area contributed by atoms with Crippen LogP contribution in [-0.4, -0.2) is 53.6 Å². The third kappa shape index (κ3) is 6.74. The summed E-state index contributed by atoms with van der Waals surface area (Å²) in [6.07, 6.45) is 2.94. The third-order valence-electron chi connectivity index (χ3n) is 2.60. The van der Waals surface area contributed by atoms with Gasteiger partial charge < -0.3 is 18.0 Å². The van der Waals surface area contributed by atoms with E-state index in [1.54, 1.807) is 0 Å². The van der Waals surface area contributed by atoms with Crippen LogP contribution in [0.15, 0.2) is 4.99 Å². The monoisotopic (exact) mass is 305 g/mol. The topological polar surface area (TPSA) is 66.3 Å². The van der Waals surface area contributed by atoms with E-state index in [1.807, 2.05) is 27.7 Å². The van der Waals surface area contributed by atoms with Gasteiger partial charge in [-0.2, -0.15) is 0 Å². The minimum Gasteiger partial charge on any atom is -0.374 e. The highest BCUT2D eigenvalue weighted by Gasteiger charge is 2.49. The smallest absolute Gasteiger partial charge is 0.374 e. The number of hydrogen-bond acceptors (Lipinski definition) is 6. The highest BCUT2D eigenvalue weighted by molar-refractivity contribution is 6.62. The van der Waals surface area contributed by atoms with Crippen molar-refractivity contribution in [1.29, 1.82) is 0 Å². The van der Waals surface area contributed by atoms with Crippen LogP contribution in [0.1, 0.15) is 40.5 Å². The fourth-order valence-corrected chi connectivity index (χ4v) is 4.73. The molecule has 0 amide bonds. The number of aliphatic imine (C=N–C) groups is 1. The Balaban J connectivity index is 4.64. The number of ether oxygens (including phenoxy) is 1. The van der Waals surface area contributed by atoms with Gasteiger partial charge in [0.25, 0.3) is 0 Å². The molecule has 0 aliphatic rings. The molecule has 0 aliphatic carbocycles. The van der Waals surface area contributed by atoms with E-state index in [0.29, 0.717) is 39.4 Å². The molecule has 0 aromatic rings. The summed E-state index contributed by atoms with van der Waals surface area (Å²) in [6.45, 7) is 10.3. The van der Waals surface area contributed by atoms with E-state index < -0.39 is 8.80 Å². The summed E-state index contributed by atoms with van der Waals surface area (Å²) in [6, 6.07) is 0. The zero-order valence-electron chi connectivity index (χ0n) is 13.0. The molecule has 118 valence electrons. The standard InChI is InChI=1S/C13H27NO5Si/c1-5-13(16-11-9-10-14-12-15)20(17-6-2,18-7-3)19-8-4/h13H,5-11H2,1-4H3. The second-order valence-electron chi connectivity index (χ2n) is 4.00. The molecule has 0 saturated heterocycles. The van der Waals surface area contributed by atoms with E-state index in [9.17, 15) is 4.79 Å². The van der Waals surface area contributed by atoms with E-state index in [4.69, 9.17) is 18.0 Å². The number of nitrogens with zero attached hydrogens (tertiary/aromatic N) is 1. The highest BCUT2D eigenvalue weighted by Crippen LogP contribution is 2.21. The molecule has 0 bridgehead atoms. The first-order chi connectivity index (χ1) is 9.70. The molecule has 0 spiro atoms. The van der Waals surface area contributed by atoms with Gasteiger partial charge in [0, 0.05) is 26.4 Å². The Kier molecular flexibility index (Phi) is 11.9. The molecule has 0 radical (unpaired) electrons. The average Bonchev–Trinajstić information content (AvgIpc) is 2.43. The first-order valence-electron chi connectivity index (χ1n) is 7.27. The minimum absolute atomic E-state index is 0.192. The molecule has 6 nitrogen and oxygen atoms in total. The molecule has 0 aromatic heterocycles. The van der Waals surface area contributed by atoms with E-state index in [-0.39, 0.29) is 5.73 Å².